The lowest BCUT2D eigenvalue weighted by Crippen LogP contribution is -2.33. The molecule has 0 bridgehead atoms. The van der Waals surface area contributed by atoms with E-state index in [9.17, 15) is 5.11 Å². The first-order chi connectivity index (χ1) is 7.57. The summed E-state index contributed by atoms with van der Waals surface area (Å²) in [6.45, 7) is 0. The first kappa shape index (κ1) is 11.7. The van der Waals surface area contributed by atoms with Crippen molar-refractivity contribution in [3.05, 3.63) is 22.2 Å². The number of phenols is 1. The lowest BCUT2D eigenvalue weighted by atomic mass is 9.88. The Morgan fingerprint density at radius 2 is 2.00 bits per heavy atom. The minimum Gasteiger partial charge on any atom is -0.507 e. The molecule has 0 radical (unpaired) electrons. The van der Waals surface area contributed by atoms with Gasteiger partial charge in [0, 0.05) is 17.2 Å². The molecule has 0 spiro atoms. The molecule has 0 amide bonds. The molecule has 88 valence electrons. The van der Waals surface area contributed by atoms with E-state index in [0.29, 0.717) is 5.75 Å². The molecule has 0 aliphatic heterocycles. The molecule has 16 heavy (non-hydrogen) atoms. The van der Waals surface area contributed by atoms with Gasteiger partial charge in [0.1, 0.15) is 11.5 Å². The molecule has 0 saturated heterocycles. The molecular formula is C12H16BrNO2. The summed E-state index contributed by atoms with van der Waals surface area (Å²) in [6, 6.07) is 3.49. The molecule has 1 aromatic carbocycles. The van der Waals surface area contributed by atoms with Crippen molar-refractivity contribution >= 4 is 15.9 Å². The van der Waals surface area contributed by atoms with Gasteiger partial charge in [-0.25, -0.2) is 0 Å². The Labute approximate surface area is 104 Å². The van der Waals surface area contributed by atoms with Gasteiger partial charge in [-0.3, -0.25) is 0 Å². The third kappa shape index (κ3) is 1.92. The van der Waals surface area contributed by atoms with Crippen LogP contribution in [-0.2, 0) is 5.54 Å². The number of benzene rings is 1. The van der Waals surface area contributed by atoms with Crippen molar-refractivity contribution in [3.63, 3.8) is 0 Å². The maximum atomic E-state index is 9.99. The molecule has 1 aliphatic carbocycles. The molecule has 1 aliphatic rings. The highest BCUT2D eigenvalue weighted by molar-refractivity contribution is 9.10. The standard InChI is InChI=1S/C12H16BrNO2/c1-16-11-7-10(15)8(6-9(11)13)12(14)4-2-3-5-12/h6-7,15H,2-5,14H2,1H3. The normalized spacial score (nSPS) is 18.7. The fraction of sp³-hybridized carbons (Fsp3) is 0.500. The van der Waals surface area contributed by atoms with Crippen molar-refractivity contribution in [2.24, 2.45) is 5.73 Å². The van der Waals surface area contributed by atoms with Crippen LogP contribution < -0.4 is 10.5 Å². The number of rotatable bonds is 2. The van der Waals surface area contributed by atoms with E-state index in [2.05, 4.69) is 15.9 Å². The highest BCUT2D eigenvalue weighted by atomic mass is 79.9. The number of hydrogen-bond donors (Lipinski definition) is 2. The lowest BCUT2D eigenvalue weighted by Gasteiger charge is -2.25. The van der Waals surface area contributed by atoms with Crippen LogP contribution in [0.3, 0.4) is 0 Å². The summed E-state index contributed by atoms with van der Waals surface area (Å²) in [5.41, 5.74) is 6.76. The van der Waals surface area contributed by atoms with Crippen LogP contribution in [0, 0.1) is 0 Å². The maximum Gasteiger partial charge on any atom is 0.136 e. The molecule has 3 nitrogen and oxygen atoms in total. The Morgan fingerprint density at radius 1 is 1.38 bits per heavy atom. The van der Waals surface area contributed by atoms with Gasteiger partial charge in [-0.15, -0.1) is 0 Å². The average Bonchev–Trinajstić information content (AvgIpc) is 2.69. The summed E-state index contributed by atoms with van der Waals surface area (Å²) in [5, 5.41) is 9.99. The second-order valence-corrected chi connectivity index (χ2v) is 5.22. The Hall–Kier alpha value is -0.740. The largest absolute Gasteiger partial charge is 0.507 e. The van der Waals surface area contributed by atoms with Crippen LogP contribution in [0.15, 0.2) is 16.6 Å². The average molecular weight is 286 g/mol. The Morgan fingerprint density at radius 3 is 2.56 bits per heavy atom. The van der Waals surface area contributed by atoms with Gasteiger partial charge in [-0.1, -0.05) is 12.8 Å². The molecule has 0 heterocycles. The first-order valence-corrected chi connectivity index (χ1v) is 6.22. The van der Waals surface area contributed by atoms with Gasteiger partial charge >= 0.3 is 0 Å². The van der Waals surface area contributed by atoms with Crippen molar-refractivity contribution in [1.29, 1.82) is 0 Å². The molecule has 0 aromatic heterocycles. The van der Waals surface area contributed by atoms with Gasteiger partial charge in [0.25, 0.3) is 0 Å². The van der Waals surface area contributed by atoms with E-state index in [1.165, 1.54) is 0 Å². The molecular weight excluding hydrogens is 270 g/mol. The summed E-state index contributed by atoms with van der Waals surface area (Å²) in [6.07, 6.45) is 4.11. The zero-order chi connectivity index (χ0) is 11.8. The lowest BCUT2D eigenvalue weighted by molar-refractivity contribution is 0.389. The number of methoxy groups -OCH3 is 1. The van der Waals surface area contributed by atoms with Gasteiger partial charge in [0.2, 0.25) is 0 Å². The molecule has 3 N–H and O–H groups in total. The molecule has 1 fully saturated rings. The van der Waals surface area contributed by atoms with Gasteiger partial charge in [-0.05, 0) is 34.8 Å². The smallest absolute Gasteiger partial charge is 0.136 e. The summed E-state index contributed by atoms with van der Waals surface area (Å²) >= 11 is 3.42. The van der Waals surface area contributed by atoms with E-state index < -0.39 is 0 Å². The highest BCUT2D eigenvalue weighted by Crippen LogP contribution is 2.43. The van der Waals surface area contributed by atoms with Crippen molar-refractivity contribution in [1.82, 2.24) is 0 Å². The minimum atomic E-state index is -0.376. The van der Waals surface area contributed by atoms with E-state index in [1.807, 2.05) is 6.07 Å². The third-order valence-electron chi connectivity index (χ3n) is 3.30. The predicted molar refractivity (Wildman–Crippen MR) is 66.7 cm³/mol. The van der Waals surface area contributed by atoms with Gasteiger partial charge in [0.15, 0.2) is 0 Å². The monoisotopic (exact) mass is 285 g/mol. The van der Waals surface area contributed by atoms with Gasteiger partial charge in [-0.2, -0.15) is 0 Å². The van der Waals surface area contributed by atoms with E-state index in [0.717, 1.165) is 35.7 Å². The SMILES string of the molecule is COc1cc(O)c(C2(N)CCCC2)cc1Br. The number of phenolic OH excluding ortho intramolecular Hbond substituents is 1. The second-order valence-electron chi connectivity index (χ2n) is 4.37. The molecule has 2 rings (SSSR count). The summed E-state index contributed by atoms with van der Waals surface area (Å²) in [5.74, 6) is 0.854. The zero-order valence-electron chi connectivity index (χ0n) is 9.29. The number of nitrogens with two attached hydrogens (primary N) is 1. The van der Waals surface area contributed by atoms with Crippen LogP contribution >= 0.6 is 15.9 Å². The first-order valence-electron chi connectivity index (χ1n) is 5.43. The van der Waals surface area contributed by atoms with Crippen molar-refractivity contribution in [3.8, 4) is 11.5 Å². The zero-order valence-corrected chi connectivity index (χ0v) is 10.9. The fourth-order valence-electron chi connectivity index (χ4n) is 2.37. The van der Waals surface area contributed by atoms with Crippen LogP contribution in [0.5, 0.6) is 11.5 Å². The van der Waals surface area contributed by atoms with Gasteiger partial charge < -0.3 is 15.6 Å². The second kappa shape index (κ2) is 4.26. The number of halogens is 1. The Balaban J connectivity index is 2.45. The van der Waals surface area contributed by atoms with Crippen molar-refractivity contribution in [2.45, 2.75) is 31.2 Å². The summed E-state index contributed by atoms with van der Waals surface area (Å²) in [7, 11) is 1.58. The van der Waals surface area contributed by atoms with E-state index in [1.54, 1.807) is 13.2 Å². The van der Waals surface area contributed by atoms with Crippen molar-refractivity contribution < 1.29 is 9.84 Å². The van der Waals surface area contributed by atoms with Crippen LogP contribution in [0.25, 0.3) is 0 Å². The molecule has 4 heteroatoms. The van der Waals surface area contributed by atoms with E-state index in [-0.39, 0.29) is 11.3 Å². The Bertz CT molecular complexity index is 400. The Kier molecular flexibility index (Phi) is 3.13. The van der Waals surface area contributed by atoms with Crippen LogP contribution in [0.1, 0.15) is 31.2 Å². The minimum absolute atomic E-state index is 0.226. The molecule has 1 saturated carbocycles. The number of ether oxygens (including phenoxy) is 1. The summed E-state index contributed by atoms with van der Waals surface area (Å²) < 4.78 is 5.96. The van der Waals surface area contributed by atoms with Crippen molar-refractivity contribution in [2.75, 3.05) is 7.11 Å². The fourth-order valence-corrected chi connectivity index (χ4v) is 2.88. The van der Waals surface area contributed by atoms with E-state index in [4.69, 9.17) is 10.5 Å². The maximum absolute atomic E-state index is 9.99. The highest BCUT2D eigenvalue weighted by Gasteiger charge is 2.34. The van der Waals surface area contributed by atoms with Gasteiger partial charge in [0.05, 0.1) is 11.6 Å². The molecule has 0 unspecified atom stereocenters. The number of aromatic hydroxyl groups is 1. The third-order valence-corrected chi connectivity index (χ3v) is 3.92. The molecule has 0 atom stereocenters. The topological polar surface area (TPSA) is 55.5 Å². The predicted octanol–water partition coefficient (Wildman–Crippen LogP) is 2.89. The summed E-state index contributed by atoms with van der Waals surface area (Å²) in [4.78, 5) is 0. The van der Waals surface area contributed by atoms with Crippen LogP contribution in [-0.4, -0.2) is 12.2 Å². The number of hydrogen-bond acceptors (Lipinski definition) is 3. The molecule has 1 aromatic rings. The van der Waals surface area contributed by atoms with Crippen LogP contribution in [0.2, 0.25) is 0 Å². The quantitative estimate of drug-likeness (QED) is 0.879. The van der Waals surface area contributed by atoms with Crippen LogP contribution in [0.4, 0.5) is 0 Å². The van der Waals surface area contributed by atoms with E-state index >= 15 is 0 Å².